The summed E-state index contributed by atoms with van der Waals surface area (Å²) >= 11 is 3.44. The van der Waals surface area contributed by atoms with Gasteiger partial charge in [-0.05, 0) is 55.8 Å². The van der Waals surface area contributed by atoms with Gasteiger partial charge in [-0.1, -0.05) is 15.9 Å². The van der Waals surface area contributed by atoms with E-state index in [0.29, 0.717) is 5.56 Å². The van der Waals surface area contributed by atoms with Crippen LogP contribution in [0.3, 0.4) is 0 Å². The molecule has 0 heterocycles. The van der Waals surface area contributed by atoms with E-state index in [4.69, 9.17) is 0 Å². The Kier molecular flexibility index (Phi) is 4.10. The molecule has 4 heteroatoms. The second-order valence-corrected chi connectivity index (χ2v) is 5.50. The molecule has 0 bridgehead atoms. The maximum atomic E-state index is 13.2. The number of halogens is 2. The van der Waals surface area contributed by atoms with Crippen LogP contribution in [0.2, 0.25) is 0 Å². The Labute approximate surface area is 120 Å². The average Bonchev–Trinajstić information content (AvgIpc) is 2.30. The Morgan fingerprint density at radius 1 is 1.21 bits per heavy atom. The molecule has 2 nitrogen and oxygen atoms in total. The van der Waals surface area contributed by atoms with Gasteiger partial charge in [0.25, 0.3) is 0 Å². The summed E-state index contributed by atoms with van der Waals surface area (Å²) in [6, 6.07) is 9.72. The molecule has 2 N–H and O–H groups in total. The van der Waals surface area contributed by atoms with E-state index in [1.165, 1.54) is 18.2 Å². The number of hydrogen-bond acceptors (Lipinski definition) is 2. The fourth-order valence-corrected chi connectivity index (χ4v) is 2.63. The fourth-order valence-electron chi connectivity index (χ4n) is 2.02. The van der Waals surface area contributed by atoms with Crippen molar-refractivity contribution in [3.05, 3.63) is 57.8 Å². The molecule has 0 aliphatic rings. The van der Waals surface area contributed by atoms with Gasteiger partial charge in [0.05, 0.1) is 6.04 Å². The summed E-state index contributed by atoms with van der Waals surface area (Å²) in [5, 5.41) is 13.0. The quantitative estimate of drug-likeness (QED) is 0.852. The molecular formula is C15H15BrFNO. The lowest BCUT2D eigenvalue weighted by Gasteiger charge is -2.17. The smallest absolute Gasteiger partial charge is 0.123 e. The van der Waals surface area contributed by atoms with Crippen LogP contribution in [-0.4, -0.2) is 5.11 Å². The predicted octanol–water partition coefficient (Wildman–Crippen LogP) is 4.78. The molecular weight excluding hydrogens is 309 g/mol. The van der Waals surface area contributed by atoms with Gasteiger partial charge in [0.1, 0.15) is 11.6 Å². The third-order valence-electron chi connectivity index (χ3n) is 2.88. The number of anilines is 1. The van der Waals surface area contributed by atoms with E-state index in [1.54, 1.807) is 0 Å². The lowest BCUT2D eigenvalue weighted by Crippen LogP contribution is -2.07. The van der Waals surface area contributed by atoms with Gasteiger partial charge in [0.15, 0.2) is 0 Å². The van der Waals surface area contributed by atoms with Gasteiger partial charge in [-0.2, -0.15) is 0 Å². The summed E-state index contributed by atoms with van der Waals surface area (Å²) in [4.78, 5) is 0. The van der Waals surface area contributed by atoms with Gasteiger partial charge < -0.3 is 10.4 Å². The highest BCUT2D eigenvalue weighted by Crippen LogP contribution is 2.29. The number of aryl methyl sites for hydroxylation is 1. The van der Waals surface area contributed by atoms with Crippen molar-refractivity contribution in [1.82, 2.24) is 0 Å². The minimum atomic E-state index is -0.355. The Morgan fingerprint density at radius 3 is 2.63 bits per heavy atom. The minimum Gasteiger partial charge on any atom is -0.508 e. The van der Waals surface area contributed by atoms with Crippen LogP contribution in [0.15, 0.2) is 40.9 Å². The van der Waals surface area contributed by atoms with Crippen molar-refractivity contribution in [2.45, 2.75) is 19.9 Å². The molecule has 2 aromatic carbocycles. The first-order chi connectivity index (χ1) is 8.95. The number of rotatable bonds is 3. The van der Waals surface area contributed by atoms with Crippen LogP contribution < -0.4 is 5.32 Å². The van der Waals surface area contributed by atoms with E-state index in [1.807, 2.05) is 32.0 Å². The predicted molar refractivity (Wildman–Crippen MR) is 79.0 cm³/mol. The van der Waals surface area contributed by atoms with Gasteiger partial charge in [-0.25, -0.2) is 4.39 Å². The first-order valence-electron chi connectivity index (χ1n) is 5.98. The van der Waals surface area contributed by atoms with Crippen LogP contribution in [0.4, 0.5) is 10.1 Å². The van der Waals surface area contributed by atoms with Crippen molar-refractivity contribution in [2.24, 2.45) is 0 Å². The Bertz CT molecular complexity index is 580. The maximum Gasteiger partial charge on any atom is 0.123 e. The first-order valence-corrected chi connectivity index (χ1v) is 6.77. The third kappa shape index (κ3) is 3.47. The van der Waals surface area contributed by atoms with Crippen LogP contribution in [0.1, 0.15) is 24.1 Å². The zero-order valence-electron chi connectivity index (χ0n) is 10.7. The average molecular weight is 324 g/mol. The molecule has 1 atom stereocenters. The molecule has 0 radical (unpaired) electrons. The maximum absolute atomic E-state index is 13.2. The summed E-state index contributed by atoms with van der Waals surface area (Å²) in [6.07, 6.45) is 0. The molecule has 0 saturated carbocycles. The van der Waals surface area contributed by atoms with Crippen molar-refractivity contribution in [1.29, 1.82) is 0 Å². The van der Waals surface area contributed by atoms with Gasteiger partial charge in [0.2, 0.25) is 0 Å². The van der Waals surface area contributed by atoms with E-state index in [2.05, 4.69) is 21.2 Å². The second-order valence-electron chi connectivity index (χ2n) is 4.59. The van der Waals surface area contributed by atoms with Crippen LogP contribution in [0.25, 0.3) is 0 Å². The largest absolute Gasteiger partial charge is 0.508 e. The van der Waals surface area contributed by atoms with Crippen LogP contribution >= 0.6 is 15.9 Å². The molecule has 2 aromatic rings. The molecule has 0 aliphatic heterocycles. The summed E-state index contributed by atoms with van der Waals surface area (Å²) in [7, 11) is 0. The SMILES string of the molecule is Cc1cc(Br)cc(NC(C)c2cc(F)ccc2O)c1. The summed E-state index contributed by atoms with van der Waals surface area (Å²) < 4.78 is 14.2. The highest BCUT2D eigenvalue weighted by atomic mass is 79.9. The zero-order valence-corrected chi connectivity index (χ0v) is 12.3. The van der Waals surface area contributed by atoms with E-state index >= 15 is 0 Å². The van der Waals surface area contributed by atoms with Crippen LogP contribution in [0, 0.1) is 12.7 Å². The summed E-state index contributed by atoms with van der Waals surface area (Å²) in [5.74, 6) is -0.264. The van der Waals surface area contributed by atoms with Crippen molar-refractivity contribution in [3.63, 3.8) is 0 Å². The highest BCUT2D eigenvalue weighted by Gasteiger charge is 2.11. The van der Waals surface area contributed by atoms with E-state index in [9.17, 15) is 9.50 Å². The molecule has 0 amide bonds. The standard InChI is InChI=1S/C15H15BrFNO/c1-9-5-11(16)7-13(6-9)18-10(2)14-8-12(17)3-4-15(14)19/h3-8,10,18-19H,1-2H3. The van der Waals surface area contributed by atoms with Crippen molar-refractivity contribution < 1.29 is 9.50 Å². The number of nitrogens with one attached hydrogen (secondary N) is 1. The number of hydrogen-bond donors (Lipinski definition) is 2. The zero-order chi connectivity index (χ0) is 14.0. The fraction of sp³-hybridized carbons (Fsp3) is 0.200. The number of aromatic hydroxyl groups is 1. The molecule has 2 rings (SSSR count). The van der Waals surface area contributed by atoms with E-state index < -0.39 is 0 Å². The monoisotopic (exact) mass is 323 g/mol. The topological polar surface area (TPSA) is 32.3 Å². The minimum absolute atomic E-state index is 0.0909. The van der Waals surface area contributed by atoms with E-state index in [-0.39, 0.29) is 17.6 Å². The molecule has 19 heavy (non-hydrogen) atoms. The van der Waals surface area contributed by atoms with Crippen LogP contribution in [-0.2, 0) is 0 Å². The Hall–Kier alpha value is -1.55. The summed E-state index contributed by atoms with van der Waals surface area (Å²) in [6.45, 7) is 3.88. The molecule has 0 aliphatic carbocycles. The van der Waals surface area contributed by atoms with E-state index in [0.717, 1.165) is 15.7 Å². The van der Waals surface area contributed by atoms with Gasteiger partial charge >= 0.3 is 0 Å². The molecule has 0 saturated heterocycles. The number of phenolic OH excluding ortho intramolecular Hbond substituents is 1. The van der Waals surface area contributed by atoms with Gasteiger partial charge in [-0.15, -0.1) is 0 Å². The number of benzene rings is 2. The molecule has 0 aromatic heterocycles. The van der Waals surface area contributed by atoms with Crippen molar-refractivity contribution in [2.75, 3.05) is 5.32 Å². The first kappa shape index (κ1) is 13.9. The molecule has 100 valence electrons. The van der Waals surface area contributed by atoms with Crippen molar-refractivity contribution in [3.8, 4) is 5.75 Å². The second kappa shape index (κ2) is 5.61. The van der Waals surface area contributed by atoms with Gasteiger partial charge in [-0.3, -0.25) is 0 Å². The molecule has 1 unspecified atom stereocenters. The lowest BCUT2D eigenvalue weighted by atomic mass is 10.1. The number of phenols is 1. The molecule has 0 spiro atoms. The summed E-state index contributed by atoms with van der Waals surface area (Å²) in [5.41, 5.74) is 2.58. The van der Waals surface area contributed by atoms with Crippen molar-refractivity contribution >= 4 is 21.6 Å². The molecule has 0 fully saturated rings. The lowest BCUT2D eigenvalue weighted by molar-refractivity contribution is 0.462. The Morgan fingerprint density at radius 2 is 1.95 bits per heavy atom. The highest BCUT2D eigenvalue weighted by molar-refractivity contribution is 9.10. The Balaban J connectivity index is 2.25. The van der Waals surface area contributed by atoms with Crippen LogP contribution in [0.5, 0.6) is 5.75 Å². The third-order valence-corrected chi connectivity index (χ3v) is 3.34. The normalized spacial score (nSPS) is 12.2. The van der Waals surface area contributed by atoms with Gasteiger partial charge in [0, 0.05) is 15.7 Å².